The monoisotopic (exact) mass is 405 g/mol. The lowest BCUT2D eigenvalue weighted by molar-refractivity contribution is -0.135. The number of para-hydroxylation sites is 1. The van der Waals surface area contributed by atoms with Gasteiger partial charge in [0.25, 0.3) is 5.91 Å². The first kappa shape index (κ1) is 18.8. The van der Waals surface area contributed by atoms with Crippen LogP contribution in [0.2, 0.25) is 0 Å². The topological polar surface area (TPSA) is 87.7 Å². The van der Waals surface area contributed by atoms with Crippen LogP contribution < -0.4 is 15.4 Å². The zero-order valence-electron chi connectivity index (χ0n) is 14.8. The predicted molar refractivity (Wildman–Crippen MR) is 93.4 cm³/mol. The number of carbonyl (C=O) groups is 3. The number of amides is 4. The fourth-order valence-electron chi connectivity index (χ4n) is 3.47. The first-order valence-electron chi connectivity index (χ1n) is 8.63. The van der Waals surface area contributed by atoms with Crippen molar-refractivity contribution in [3.05, 3.63) is 59.4 Å². The number of hydrogen-bond acceptors (Lipinski definition) is 4. The highest BCUT2D eigenvalue weighted by Gasteiger charge is 2.55. The summed E-state index contributed by atoms with van der Waals surface area (Å²) in [6, 6.07) is 7.41. The van der Waals surface area contributed by atoms with Crippen LogP contribution in [0.5, 0.6) is 5.75 Å². The van der Waals surface area contributed by atoms with Gasteiger partial charge in [-0.2, -0.15) is 0 Å². The largest absolute Gasteiger partial charge is 0.493 e. The molecule has 7 nitrogen and oxygen atoms in total. The zero-order chi connectivity index (χ0) is 20.8. The maximum Gasteiger partial charge on any atom is 0.325 e. The van der Waals surface area contributed by atoms with E-state index in [1.54, 1.807) is 24.3 Å². The van der Waals surface area contributed by atoms with Crippen LogP contribution in [-0.2, 0) is 15.1 Å². The van der Waals surface area contributed by atoms with E-state index in [1.165, 1.54) is 0 Å². The Balaban J connectivity index is 1.55. The summed E-state index contributed by atoms with van der Waals surface area (Å²) in [4.78, 5) is 38.4. The Labute approximate surface area is 162 Å². The minimum Gasteiger partial charge on any atom is -0.493 e. The van der Waals surface area contributed by atoms with Crippen molar-refractivity contribution in [1.29, 1.82) is 0 Å². The van der Waals surface area contributed by atoms with Crippen molar-refractivity contribution in [2.24, 2.45) is 0 Å². The predicted octanol–water partition coefficient (Wildman–Crippen LogP) is 2.27. The second-order valence-corrected chi connectivity index (χ2v) is 6.59. The number of nitrogens with zero attached hydrogens (tertiary/aromatic N) is 1. The van der Waals surface area contributed by atoms with Gasteiger partial charge in [-0.1, -0.05) is 18.2 Å². The minimum absolute atomic E-state index is 0.171. The fraction of sp³-hybridized carbons (Fsp3) is 0.211. The Bertz CT molecular complexity index is 1050. The van der Waals surface area contributed by atoms with Gasteiger partial charge in [0.2, 0.25) is 5.91 Å². The molecule has 0 radical (unpaired) electrons. The number of imide groups is 1. The molecule has 1 fully saturated rings. The number of halogens is 3. The molecule has 150 valence electrons. The van der Waals surface area contributed by atoms with Gasteiger partial charge >= 0.3 is 6.03 Å². The molecule has 0 aromatic heterocycles. The van der Waals surface area contributed by atoms with Gasteiger partial charge in [-0.15, -0.1) is 0 Å². The standard InChI is InChI=1S/C19H14F3N3O4/c20-11-5-6-12(16(22)15(11)21)23-14(26)9-25-17(27)19(24-18(25)28)7-8-29-13-4-2-1-3-10(13)19/h1-6H,7-9H2,(H,23,26)(H,24,28)/t19-/m0/s1. The molecular formula is C19H14F3N3O4. The third-order valence-corrected chi connectivity index (χ3v) is 4.87. The summed E-state index contributed by atoms with van der Waals surface area (Å²) in [7, 11) is 0. The molecule has 2 heterocycles. The lowest BCUT2D eigenvalue weighted by atomic mass is 9.84. The molecule has 4 rings (SSSR count). The SMILES string of the molecule is O=C(CN1C(=O)N[C@]2(CCOc3ccccc32)C1=O)Nc1ccc(F)c(F)c1F. The third-order valence-electron chi connectivity index (χ3n) is 4.87. The maximum absolute atomic E-state index is 13.7. The van der Waals surface area contributed by atoms with Crippen molar-refractivity contribution in [3.63, 3.8) is 0 Å². The van der Waals surface area contributed by atoms with Crippen molar-refractivity contribution in [3.8, 4) is 5.75 Å². The molecule has 2 aromatic carbocycles. The maximum atomic E-state index is 13.7. The molecule has 2 aliphatic rings. The molecule has 29 heavy (non-hydrogen) atoms. The van der Waals surface area contributed by atoms with Crippen LogP contribution >= 0.6 is 0 Å². The van der Waals surface area contributed by atoms with E-state index in [0.717, 1.165) is 6.07 Å². The summed E-state index contributed by atoms with van der Waals surface area (Å²) in [5.74, 6) is -5.88. The van der Waals surface area contributed by atoms with Crippen molar-refractivity contribution in [1.82, 2.24) is 10.2 Å². The Morgan fingerprint density at radius 2 is 1.90 bits per heavy atom. The number of anilines is 1. The number of nitrogens with one attached hydrogen (secondary N) is 2. The molecule has 10 heteroatoms. The molecule has 1 spiro atoms. The van der Waals surface area contributed by atoms with Crippen LogP contribution in [0, 0.1) is 17.5 Å². The quantitative estimate of drug-likeness (QED) is 0.606. The van der Waals surface area contributed by atoms with Crippen LogP contribution in [0.15, 0.2) is 36.4 Å². The Morgan fingerprint density at radius 1 is 1.14 bits per heavy atom. The van der Waals surface area contributed by atoms with Crippen molar-refractivity contribution >= 4 is 23.5 Å². The van der Waals surface area contributed by atoms with Crippen molar-refractivity contribution in [2.75, 3.05) is 18.5 Å². The van der Waals surface area contributed by atoms with E-state index in [1.807, 2.05) is 5.32 Å². The summed E-state index contributed by atoms with van der Waals surface area (Å²) >= 11 is 0. The van der Waals surface area contributed by atoms with Gasteiger partial charge in [0.15, 0.2) is 23.0 Å². The lowest BCUT2D eigenvalue weighted by Gasteiger charge is -2.33. The van der Waals surface area contributed by atoms with Crippen molar-refractivity contribution < 1.29 is 32.3 Å². The first-order chi connectivity index (χ1) is 13.8. The molecule has 0 aliphatic carbocycles. The third kappa shape index (κ3) is 2.96. The number of ether oxygens (including phenoxy) is 1. The molecule has 4 amide bonds. The highest BCUT2D eigenvalue weighted by atomic mass is 19.2. The van der Waals surface area contributed by atoms with E-state index in [9.17, 15) is 27.6 Å². The van der Waals surface area contributed by atoms with Crippen LogP contribution in [0.1, 0.15) is 12.0 Å². The second kappa shape index (κ2) is 6.80. The molecule has 0 saturated carbocycles. The molecule has 0 unspecified atom stereocenters. The number of benzene rings is 2. The number of fused-ring (bicyclic) bond motifs is 2. The van der Waals surface area contributed by atoms with Crippen LogP contribution in [-0.4, -0.2) is 35.9 Å². The van der Waals surface area contributed by atoms with Crippen LogP contribution in [0.3, 0.4) is 0 Å². The number of urea groups is 1. The molecule has 1 saturated heterocycles. The Kier molecular flexibility index (Phi) is 4.40. The normalized spacial score (nSPS) is 20.3. The molecule has 0 bridgehead atoms. The van der Waals surface area contributed by atoms with E-state index < -0.39 is 53.1 Å². The van der Waals surface area contributed by atoms with E-state index in [-0.39, 0.29) is 13.0 Å². The first-order valence-corrected chi connectivity index (χ1v) is 8.63. The second-order valence-electron chi connectivity index (χ2n) is 6.59. The highest BCUT2D eigenvalue weighted by molar-refractivity contribution is 6.10. The number of hydrogen-bond donors (Lipinski definition) is 2. The van der Waals surface area contributed by atoms with Gasteiger partial charge in [0.1, 0.15) is 12.3 Å². The zero-order valence-corrected chi connectivity index (χ0v) is 14.8. The van der Waals surface area contributed by atoms with Gasteiger partial charge in [-0.3, -0.25) is 14.5 Å². The molecular weight excluding hydrogens is 391 g/mol. The van der Waals surface area contributed by atoms with Gasteiger partial charge in [-0.25, -0.2) is 18.0 Å². The summed E-state index contributed by atoms with van der Waals surface area (Å²) in [6.07, 6.45) is 0.171. The van der Waals surface area contributed by atoms with E-state index in [2.05, 4.69) is 5.32 Å². The van der Waals surface area contributed by atoms with Crippen LogP contribution in [0.25, 0.3) is 0 Å². The summed E-state index contributed by atoms with van der Waals surface area (Å²) in [5.41, 5.74) is -1.49. The molecule has 2 aliphatic heterocycles. The number of rotatable bonds is 3. The van der Waals surface area contributed by atoms with E-state index >= 15 is 0 Å². The highest BCUT2D eigenvalue weighted by Crippen LogP contribution is 2.40. The summed E-state index contributed by atoms with van der Waals surface area (Å²) in [6.45, 7) is -0.545. The summed E-state index contributed by atoms with van der Waals surface area (Å²) in [5, 5.41) is 4.65. The average molecular weight is 405 g/mol. The van der Waals surface area contributed by atoms with Crippen molar-refractivity contribution in [2.45, 2.75) is 12.0 Å². The smallest absolute Gasteiger partial charge is 0.325 e. The average Bonchev–Trinajstić information content (AvgIpc) is 2.93. The Morgan fingerprint density at radius 3 is 2.69 bits per heavy atom. The van der Waals surface area contributed by atoms with Crippen LogP contribution in [0.4, 0.5) is 23.7 Å². The summed E-state index contributed by atoms with van der Waals surface area (Å²) < 4.78 is 45.6. The number of carbonyl (C=O) groups excluding carboxylic acids is 3. The fourth-order valence-corrected chi connectivity index (χ4v) is 3.47. The minimum atomic E-state index is -1.74. The molecule has 1 atom stereocenters. The Hall–Kier alpha value is -3.56. The van der Waals surface area contributed by atoms with Gasteiger partial charge in [-0.05, 0) is 18.2 Å². The molecule has 2 N–H and O–H groups in total. The van der Waals surface area contributed by atoms with E-state index in [4.69, 9.17) is 4.74 Å². The molecule has 2 aromatic rings. The lowest BCUT2D eigenvalue weighted by Crippen LogP contribution is -2.48. The van der Waals surface area contributed by atoms with Gasteiger partial charge < -0.3 is 15.4 Å². The van der Waals surface area contributed by atoms with Gasteiger partial charge in [0.05, 0.1) is 12.3 Å². The van der Waals surface area contributed by atoms with Gasteiger partial charge in [0, 0.05) is 12.0 Å². The van der Waals surface area contributed by atoms with E-state index in [0.29, 0.717) is 22.3 Å².